The molecule has 47 heavy (non-hydrogen) atoms. The quantitative estimate of drug-likeness (QED) is 0.172. The van der Waals surface area contributed by atoms with Crippen molar-refractivity contribution in [3.63, 3.8) is 0 Å². The number of benzene rings is 1. The van der Waals surface area contributed by atoms with Crippen LogP contribution in [0.4, 0.5) is 37.1 Å². The van der Waals surface area contributed by atoms with Gasteiger partial charge < -0.3 is 19.6 Å². The highest BCUT2D eigenvalue weighted by Crippen LogP contribution is 2.38. The van der Waals surface area contributed by atoms with Gasteiger partial charge in [-0.05, 0) is 55.9 Å². The van der Waals surface area contributed by atoms with Crippen LogP contribution in [0.15, 0.2) is 43.0 Å². The van der Waals surface area contributed by atoms with Gasteiger partial charge in [0.05, 0.1) is 23.9 Å². The zero-order chi connectivity index (χ0) is 34.5. The number of aromatic nitrogens is 4. The summed E-state index contributed by atoms with van der Waals surface area (Å²) >= 11 is 0. The smallest absolute Gasteiger partial charge is 0.416 e. The second kappa shape index (κ2) is 14.6. The van der Waals surface area contributed by atoms with E-state index in [2.05, 4.69) is 15.1 Å². The van der Waals surface area contributed by atoms with Crippen LogP contribution in [0.2, 0.25) is 0 Å². The van der Waals surface area contributed by atoms with Crippen LogP contribution in [0.25, 0.3) is 11.1 Å². The number of carboxylic acids is 1. The summed E-state index contributed by atoms with van der Waals surface area (Å²) in [6.07, 6.45) is -2.73. The molecule has 3 aromatic rings. The fourth-order valence-corrected chi connectivity index (χ4v) is 5.85. The average molecular weight is 671 g/mol. The molecule has 2 aromatic heterocycles. The van der Waals surface area contributed by atoms with Crippen LogP contribution in [0.3, 0.4) is 0 Å². The highest BCUT2D eigenvalue weighted by Gasteiger charge is 2.41. The first-order valence-corrected chi connectivity index (χ1v) is 15.1. The first kappa shape index (κ1) is 35.5. The number of carboxylic acid groups (broad SMARTS) is 1. The van der Waals surface area contributed by atoms with Gasteiger partial charge in [-0.25, -0.2) is 14.8 Å². The number of hydrogen-bond donors (Lipinski definition) is 1. The van der Waals surface area contributed by atoms with Crippen molar-refractivity contribution in [2.45, 2.75) is 89.4 Å². The molecule has 3 atom stereocenters. The molecule has 1 aliphatic rings. The number of amides is 1. The molecule has 1 amide bonds. The number of anilines is 1. The molecule has 1 unspecified atom stereocenters. The number of hydrogen-bond acceptors (Lipinski definition) is 7. The summed E-state index contributed by atoms with van der Waals surface area (Å²) in [5, 5.41) is 13.0. The number of carbonyl (C=O) groups excluding carboxylic acids is 1. The summed E-state index contributed by atoms with van der Waals surface area (Å²) in [4.78, 5) is 36.2. The zero-order valence-corrected chi connectivity index (χ0v) is 26.1. The number of halogens is 6. The minimum atomic E-state index is -5.01. The van der Waals surface area contributed by atoms with E-state index in [-0.39, 0.29) is 43.6 Å². The SMILES string of the molecule is CC[C@@H]1CC(N(Cc2cc(C(F)(F)F)cc(C(F)(F)F)c2)c2ncc(-c3cnn(C)c3)cn2)C[C@H](CC)N1C(=O)OCCCC(=O)O. The maximum atomic E-state index is 13.7. The van der Waals surface area contributed by atoms with Gasteiger partial charge in [-0.3, -0.25) is 9.48 Å². The Morgan fingerprint density at radius 3 is 1.98 bits per heavy atom. The van der Waals surface area contributed by atoms with Crippen molar-refractivity contribution in [1.29, 1.82) is 0 Å². The Balaban J connectivity index is 1.70. The number of aryl methyl sites for hydroxylation is 1. The molecule has 1 fully saturated rings. The number of nitrogens with zero attached hydrogens (tertiary/aromatic N) is 6. The van der Waals surface area contributed by atoms with Gasteiger partial charge in [0, 0.05) is 67.9 Å². The van der Waals surface area contributed by atoms with Crippen LogP contribution in [0.5, 0.6) is 0 Å². The van der Waals surface area contributed by atoms with Crippen molar-refractivity contribution >= 4 is 18.0 Å². The van der Waals surface area contributed by atoms with Gasteiger partial charge in [-0.15, -0.1) is 0 Å². The molecule has 1 aliphatic heterocycles. The van der Waals surface area contributed by atoms with E-state index in [1.807, 2.05) is 13.8 Å². The summed E-state index contributed by atoms with van der Waals surface area (Å²) in [5.41, 5.74) is -1.75. The number of alkyl halides is 6. The molecular formula is C31H36F6N6O4. The van der Waals surface area contributed by atoms with E-state index in [9.17, 15) is 35.9 Å². The molecule has 0 bridgehead atoms. The van der Waals surface area contributed by atoms with Crippen LogP contribution in [-0.2, 0) is 35.5 Å². The topological polar surface area (TPSA) is 114 Å². The Morgan fingerprint density at radius 2 is 1.51 bits per heavy atom. The number of ether oxygens (including phenoxy) is 1. The fourth-order valence-electron chi connectivity index (χ4n) is 5.85. The number of rotatable bonds is 11. The molecule has 256 valence electrons. The van der Waals surface area contributed by atoms with Crippen LogP contribution in [0.1, 0.15) is 69.1 Å². The van der Waals surface area contributed by atoms with Gasteiger partial charge in [0.2, 0.25) is 5.95 Å². The summed E-state index contributed by atoms with van der Waals surface area (Å²) < 4.78 is 89.4. The van der Waals surface area contributed by atoms with Gasteiger partial charge in [0.1, 0.15) is 0 Å². The maximum Gasteiger partial charge on any atom is 0.416 e. The van der Waals surface area contributed by atoms with Crippen molar-refractivity contribution in [3.05, 3.63) is 59.7 Å². The van der Waals surface area contributed by atoms with Gasteiger partial charge >= 0.3 is 24.4 Å². The molecule has 3 heterocycles. The highest BCUT2D eigenvalue weighted by atomic mass is 19.4. The van der Waals surface area contributed by atoms with Crippen molar-refractivity contribution in [2.24, 2.45) is 7.05 Å². The lowest BCUT2D eigenvalue weighted by atomic mass is 9.87. The number of piperidine rings is 1. The molecule has 4 rings (SSSR count). The number of carbonyl (C=O) groups is 2. The Morgan fingerprint density at radius 1 is 0.936 bits per heavy atom. The van der Waals surface area contributed by atoms with Crippen molar-refractivity contribution in [1.82, 2.24) is 24.6 Å². The molecule has 10 nitrogen and oxygen atoms in total. The molecule has 1 N–H and O–H groups in total. The molecule has 0 spiro atoms. The lowest BCUT2D eigenvalue weighted by Gasteiger charge is -2.47. The van der Waals surface area contributed by atoms with E-state index in [0.29, 0.717) is 48.9 Å². The third-order valence-electron chi connectivity index (χ3n) is 8.16. The second-order valence-electron chi connectivity index (χ2n) is 11.5. The summed E-state index contributed by atoms with van der Waals surface area (Å²) in [5.74, 6) is -0.915. The predicted octanol–water partition coefficient (Wildman–Crippen LogP) is 6.94. The van der Waals surface area contributed by atoms with E-state index in [4.69, 9.17) is 9.84 Å². The van der Waals surface area contributed by atoms with Crippen molar-refractivity contribution < 1.29 is 45.8 Å². The molecular weight excluding hydrogens is 634 g/mol. The highest BCUT2D eigenvalue weighted by molar-refractivity contribution is 5.69. The normalized spacial score (nSPS) is 18.7. The molecule has 0 saturated carbocycles. The van der Waals surface area contributed by atoms with Crippen LogP contribution >= 0.6 is 0 Å². The average Bonchev–Trinajstić information content (AvgIpc) is 3.46. The largest absolute Gasteiger partial charge is 0.481 e. The zero-order valence-electron chi connectivity index (χ0n) is 26.1. The monoisotopic (exact) mass is 670 g/mol. The van der Waals surface area contributed by atoms with Crippen molar-refractivity contribution in [2.75, 3.05) is 11.5 Å². The van der Waals surface area contributed by atoms with Crippen LogP contribution < -0.4 is 4.90 Å². The summed E-state index contributed by atoms with van der Waals surface area (Å²) in [7, 11) is 1.73. The summed E-state index contributed by atoms with van der Waals surface area (Å²) in [6.45, 7) is 3.27. The standard InChI is InChI=1S/C31H36F6N6O4/c1-4-24-12-26(13-25(5-2)43(24)29(46)47-8-6-7-27(44)45)42(28-38-14-20(15-39-28)21-16-40-41(3)18-21)17-19-9-22(30(32,33)34)11-23(10-19)31(35,36)37/h9-11,14-16,18,24-26H,4-8,12-13,17H2,1-3H3,(H,44,45)/t24-,25+,26?. The second-order valence-corrected chi connectivity index (χ2v) is 11.5. The Labute approximate surface area is 267 Å². The van der Waals surface area contributed by atoms with E-state index >= 15 is 0 Å². The minimum absolute atomic E-state index is 0.0851. The Hall–Kier alpha value is -4.37. The predicted molar refractivity (Wildman–Crippen MR) is 158 cm³/mol. The molecule has 1 aromatic carbocycles. The van der Waals surface area contributed by atoms with E-state index in [0.717, 1.165) is 0 Å². The number of aliphatic carboxylic acids is 1. The van der Waals surface area contributed by atoms with Gasteiger partial charge in [0.25, 0.3) is 0 Å². The molecule has 0 aliphatic carbocycles. The maximum absolute atomic E-state index is 13.7. The fraction of sp³-hybridized carbons (Fsp3) is 0.516. The third kappa shape index (κ3) is 8.92. The van der Waals surface area contributed by atoms with Crippen LogP contribution in [-0.4, -0.2) is 66.5 Å². The number of likely N-dealkylation sites (tertiary alicyclic amines) is 1. The first-order valence-electron chi connectivity index (χ1n) is 15.1. The van der Waals surface area contributed by atoms with Gasteiger partial charge in [0.15, 0.2) is 0 Å². The van der Waals surface area contributed by atoms with E-state index in [1.165, 1.54) is 12.4 Å². The molecule has 0 radical (unpaired) electrons. The van der Waals surface area contributed by atoms with Crippen LogP contribution in [0, 0.1) is 0 Å². The Bertz CT molecular complexity index is 1480. The minimum Gasteiger partial charge on any atom is -0.481 e. The summed E-state index contributed by atoms with van der Waals surface area (Å²) in [6, 6.07) is 0.224. The molecule has 1 saturated heterocycles. The van der Waals surface area contributed by atoms with Crippen molar-refractivity contribution in [3.8, 4) is 11.1 Å². The van der Waals surface area contributed by atoms with Gasteiger partial charge in [-0.1, -0.05) is 13.8 Å². The van der Waals surface area contributed by atoms with Gasteiger partial charge in [-0.2, -0.15) is 31.4 Å². The molecule has 16 heteroatoms. The first-order chi connectivity index (χ1) is 22.1. The Kier molecular flexibility index (Phi) is 11.0. The van der Waals surface area contributed by atoms with E-state index in [1.54, 1.807) is 33.9 Å². The lowest BCUT2D eigenvalue weighted by Crippen LogP contribution is -2.57. The third-order valence-corrected chi connectivity index (χ3v) is 8.16. The lowest BCUT2D eigenvalue weighted by molar-refractivity contribution is -0.143. The van der Waals surface area contributed by atoms with E-state index < -0.39 is 53.7 Å².